The largest absolute Gasteiger partial charge is 0.352 e. The van der Waals surface area contributed by atoms with Crippen molar-refractivity contribution in [3.8, 4) is 0 Å². The smallest absolute Gasteiger partial charge is 0.264 e. The number of rotatable bonds is 11. The molecule has 10 heteroatoms. The molecule has 2 amide bonds. The van der Waals surface area contributed by atoms with Crippen LogP contribution in [0.3, 0.4) is 0 Å². The number of anilines is 1. The summed E-state index contributed by atoms with van der Waals surface area (Å²) < 4.78 is 28.9. The molecule has 0 heterocycles. The maximum atomic E-state index is 14.0. The summed E-state index contributed by atoms with van der Waals surface area (Å²) in [5.74, 6) is -0.900. The molecule has 0 aliphatic carbocycles. The van der Waals surface area contributed by atoms with E-state index in [1.165, 1.54) is 17.0 Å². The van der Waals surface area contributed by atoms with Crippen LogP contribution in [0, 0.1) is 0 Å². The molecular weight excluding hydrogens is 557 g/mol. The van der Waals surface area contributed by atoms with Crippen molar-refractivity contribution in [3.63, 3.8) is 0 Å². The van der Waals surface area contributed by atoms with E-state index >= 15 is 0 Å². The number of nitrogens with zero attached hydrogens (tertiary/aromatic N) is 2. The highest BCUT2D eigenvalue weighted by atomic mass is 35.5. The third-order valence-electron chi connectivity index (χ3n) is 6.19. The monoisotopic (exact) mass is 589 g/mol. The molecule has 0 fully saturated rings. The maximum absolute atomic E-state index is 14.0. The van der Waals surface area contributed by atoms with Crippen molar-refractivity contribution in [2.45, 2.75) is 57.6 Å². The van der Waals surface area contributed by atoms with Gasteiger partial charge in [-0.3, -0.25) is 13.9 Å². The van der Waals surface area contributed by atoms with Gasteiger partial charge in [0, 0.05) is 12.6 Å². The Morgan fingerprint density at radius 3 is 2.15 bits per heavy atom. The zero-order chi connectivity index (χ0) is 28.7. The Morgan fingerprint density at radius 2 is 1.54 bits per heavy atom. The summed E-state index contributed by atoms with van der Waals surface area (Å²) >= 11 is 12.3. The SMILES string of the molecule is CCc1ccccc1N(CC(=O)N(Cc1ccc(Cl)c(Cl)c1)[C@H](C)C(=O)NC(C)C)S(=O)(=O)c1ccccc1. The standard InChI is InChI=1S/C29H33Cl2N3O4S/c1-5-23-11-9-10-14-27(23)34(39(37,38)24-12-7-6-8-13-24)19-28(35)33(21(4)29(36)32-20(2)3)18-22-15-16-25(30)26(31)17-22/h6-17,20-21H,5,18-19H2,1-4H3,(H,32,36)/t21-/m1/s1. The average molecular weight is 591 g/mol. The molecule has 0 aliphatic heterocycles. The number of hydrogen-bond acceptors (Lipinski definition) is 4. The second kappa shape index (κ2) is 13.3. The van der Waals surface area contributed by atoms with Crippen molar-refractivity contribution in [1.29, 1.82) is 0 Å². The minimum atomic E-state index is -4.12. The molecule has 1 atom stereocenters. The van der Waals surface area contributed by atoms with Crippen molar-refractivity contribution in [3.05, 3.63) is 94.0 Å². The van der Waals surface area contributed by atoms with Gasteiger partial charge in [-0.25, -0.2) is 8.42 Å². The van der Waals surface area contributed by atoms with E-state index in [0.29, 0.717) is 27.7 Å². The first kappa shape index (κ1) is 30.5. The Kier molecular flexibility index (Phi) is 10.4. The van der Waals surface area contributed by atoms with Crippen molar-refractivity contribution >= 4 is 50.7 Å². The minimum absolute atomic E-state index is 0.0249. The molecule has 7 nitrogen and oxygen atoms in total. The number of sulfonamides is 1. The van der Waals surface area contributed by atoms with E-state index in [1.807, 2.05) is 32.9 Å². The second-order valence-electron chi connectivity index (χ2n) is 9.42. The van der Waals surface area contributed by atoms with Crippen LogP contribution in [0.15, 0.2) is 77.7 Å². The third kappa shape index (κ3) is 7.53. The van der Waals surface area contributed by atoms with Crippen LogP contribution >= 0.6 is 23.2 Å². The molecule has 0 aromatic heterocycles. The molecule has 0 radical (unpaired) electrons. The van der Waals surface area contributed by atoms with Crippen LogP contribution in [-0.2, 0) is 32.6 Å². The number of nitrogens with one attached hydrogen (secondary N) is 1. The number of para-hydroxylation sites is 1. The van der Waals surface area contributed by atoms with Crippen LogP contribution in [0.2, 0.25) is 10.0 Å². The van der Waals surface area contributed by atoms with E-state index in [2.05, 4.69) is 5.32 Å². The molecule has 0 spiro atoms. The fourth-order valence-electron chi connectivity index (χ4n) is 4.11. The van der Waals surface area contributed by atoms with Gasteiger partial charge in [0.25, 0.3) is 10.0 Å². The Labute approximate surface area is 240 Å². The lowest BCUT2D eigenvalue weighted by molar-refractivity contribution is -0.139. The summed E-state index contributed by atoms with van der Waals surface area (Å²) in [5, 5.41) is 3.50. The molecule has 0 aliphatic rings. The topological polar surface area (TPSA) is 86.8 Å². The Bertz CT molecular complexity index is 1420. The second-order valence-corrected chi connectivity index (χ2v) is 12.1. The molecule has 3 rings (SSSR count). The van der Waals surface area contributed by atoms with Gasteiger partial charge in [0.1, 0.15) is 12.6 Å². The molecule has 1 N–H and O–H groups in total. The number of halogens is 2. The maximum Gasteiger partial charge on any atom is 0.264 e. The predicted molar refractivity (Wildman–Crippen MR) is 157 cm³/mol. The molecule has 208 valence electrons. The van der Waals surface area contributed by atoms with Crippen LogP contribution in [0.1, 0.15) is 38.8 Å². The minimum Gasteiger partial charge on any atom is -0.352 e. The zero-order valence-electron chi connectivity index (χ0n) is 22.4. The van der Waals surface area contributed by atoms with E-state index in [9.17, 15) is 18.0 Å². The summed E-state index contributed by atoms with van der Waals surface area (Å²) in [6.07, 6.45) is 0.561. The molecule has 0 saturated carbocycles. The summed E-state index contributed by atoms with van der Waals surface area (Å²) in [6.45, 7) is 6.70. The van der Waals surface area contributed by atoms with Crippen molar-refractivity contribution < 1.29 is 18.0 Å². The van der Waals surface area contributed by atoms with E-state index in [0.717, 1.165) is 9.87 Å². The third-order valence-corrected chi connectivity index (χ3v) is 8.70. The summed E-state index contributed by atoms with van der Waals surface area (Å²) in [4.78, 5) is 28.4. The highest BCUT2D eigenvalue weighted by Crippen LogP contribution is 2.29. The van der Waals surface area contributed by atoms with Gasteiger partial charge in [-0.1, -0.05) is 72.6 Å². The average Bonchev–Trinajstić information content (AvgIpc) is 2.91. The van der Waals surface area contributed by atoms with Crippen LogP contribution in [0.25, 0.3) is 0 Å². The lowest BCUT2D eigenvalue weighted by Crippen LogP contribution is -2.52. The van der Waals surface area contributed by atoms with Gasteiger partial charge in [-0.15, -0.1) is 0 Å². The van der Waals surface area contributed by atoms with Crippen molar-refractivity contribution in [2.24, 2.45) is 0 Å². The summed E-state index contributed by atoms with van der Waals surface area (Å²) in [5.41, 5.74) is 1.82. The fraction of sp³-hybridized carbons (Fsp3) is 0.310. The lowest BCUT2D eigenvalue weighted by atomic mass is 10.1. The number of hydrogen-bond donors (Lipinski definition) is 1. The first-order valence-corrected chi connectivity index (χ1v) is 14.8. The van der Waals surface area contributed by atoms with Gasteiger partial charge in [0.2, 0.25) is 11.8 Å². The van der Waals surface area contributed by atoms with E-state index in [-0.39, 0.29) is 23.4 Å². The van der Waals surface area contributed by atoms with E-state index in [4.69, 9.17) is 23.2 Å². The Morgan fingerprint density at radius 1 is 0.897 bits per heavy atom. The molecule has 0 bridgehead atoms. The van der Waals surface area contributed by atoms with Crippen LogP contribution in [0.5, 0.6) is 0 Å². The lowest BCUT2D eigenvalue weighted by Gasteiger charge is -2.33. The van der Waals surface area contributed by atoms with Gasteiger partial charge in [-0.05, 0) is 68.7 Å². The highest BCUT2D eigenvalue weighted by molar-refractivity contribution is 7.92. The quantitative estimate of drug-likeness (QED) is 0.311. The van der Waals surface area contributed by atoms with Crippen molar-refractivity contribution in [1.82, 2.24) is 10.2 Å². The molecule has 39 heavy (non-hydrogen) atoms. The number of carbonyl (C=O) groups is 2. The summed E-state index contributed by atoms with van der Waals surface area (Å²) in [7, 11) is -4.12. The number of carbonyl (C=O) groups excluding carboxylic acids is 2. The Balaban J connectivity index is 2.07. The van der Waals surface area contributed by atoms with Gasteiger partial charge in [0.05, 0.1) is 20.6 Å². The molecular formula is C29H33Cl2N3O4S. The summed E-state index contributed by atoms with van der Waals surface area (Å²) in [6, 6.07) is 19.0. The first-order chi connectivity index (χ1) is 18.4. The molecule has 0 unspecified atom stereocenters. The molecule has 3 aromatic rings. The number of amides is 2. The highest BCUT2D eigenvalue weighted by Gasteiger charge is 2.33. The number of benzene rings is 3. The van der Waals surface area contributed by atoms with E-state index < -0.39 is 28.5 Å². The predicted octanol–water partition coefficient (Wildman–Crippen LogP) is 5.69. The van der Waals surface area contributed by atoms with Crippen LogP contribution in [-0.4, -0.2) is 43.8 Å². The van der Waals surface area contributed by atoms with Gasteiger partial charge in [0.15, 0.2) is 0 Å². The fourth-order valence-corrected chi connectivity index (χ4v) is 5.90. The Hall–Kier alpha value is -3.07. The molecule has 0 saturated heterocycles. The first-order valence-electron chi connectivity index (χ1n) is 12.6. The van der Waals surface area contributed by atoms with Gasteiger partial charge < -0.3 is 10.2 Å². The van der Waals surface area contributed by atoms with Gasteiger partial charge >= 0.3 is 0 Å². The van der Waals surface area contributed by atoms with Crippen LogP contribution < -0.4 is 9.62 Å². The van der Waals surface area contributed by atoms with Gasteiger partial charge in [-0.2, -0.15) is 0 Å². The number of aryl methyl sites for hydroxylation is 1. The zero-order valence-corrected chi connectivity index (χ0v) is 24.7. The van der Waals surface area contributed by atoms with Crippen molar-refractivity contribution in [2.75, 3.05) is 10.8 Å². The van der Waals surface area contributed by atoms with Crippen LogP contribution in [0.4, 0.5) is 5.69 Å². The normalized spacial score (nSPS) is 12.2. The van der Waals surface area contributed by atoms with E-state index in [1.54, 1.807) is 55.5 Å². The molecule has 3 aromatic carbocycles.